The minimum Gasteiger partial charge on any atom is -0.378 e. The van der Waals surface area contributed by atoms with Gasteiger partial charge in [-0.2, -0.15) is 9.40 Å². The molecule has 2 fully saturated rings. The highest BCUT2D eigenvalue weighted by atomic mass is 32.2. The fourth-order valence-electron chi connectivity index (χ4n) is 3.47. The Balaban J connectivity index is 1.42. The molecule has 4 heterocycles. The van der Waals surface area contributed by atoms with Gasteiger partial charge in [0.2, 0.25) is 0 Å². The number of sulfonamides is 1. The Morgan fingerprint density at radius 2 is 1.82 bits per heavy atom. The Hall–Kier alpha value is -1.75. The van der Waals surface area contributed by atoms with Crippen LogP contribution >= 0.6 is 11.3 Å². The Bertz CT molecular complexity index is 903. The molecule has 0 unspecified atom stereocenters. The zero-order valence-corrected chi connectivity index (χ0v) is 17.6. The third-order valence-electron chi connectivity index (χ3n) is 5.15. The lowest BCUT2D eigenvalue weighted by atomic mass is 10.3. The Morgan fingerprint density at radius 1 is 1.07 bits per heavy atom. The maximum absolute atomic E-state index is 12.9. The lowest BCUT2D eigenvalue weighted by molar-refractivity contribution is 0.122. The third-order valence-corrected chi connectivity index (χ3v) is 8.74. The lowest BCUT2D eigenvalue weighted by Gasteiger charge is -2.35. The molecule has 8 nitrogen and oxygen atoms in total. The van der Waals surface area contributed by atoms with Crippen molar-refractivity contribution in [3.63, 3.8) is 0 Å². The average molecular weight is 424 g/mol. The van der Waals surface area contributed by atoms with Gasteiger partial charge in [0, 0.05) is 50.2 Å². The summed E-state index contributed by atoms with van der Waals surface area (Å²) in [7, 11) is -3.41. The second-order valence-electron chi connectivity index (χ2n) is 6.84. The maximum atomic E-state index is 12.9. The zero-order chi connectivity index (χ0) is 19.6. The van der Waals surface area contributed by atoms with E-state index in [0.29, 0.717) is 43.6 Å². The number of morpholine rings is 1. The van der Waals surface area contributed by atoms with E-state index in [9.17, 15) is 8.42 Å². The lowest BCUT2D eigenvalue weighted by Crippen LogP contribution is -2.48. The first kappa shape index (κ1) is 19.6. The molecule has 0 aliphatic carbocycles. The van der Waals surface area contributed by atoms with Gasteiger partial charge in [0.25, 0.3) is 10.0 Å². The van der Waals surface area contributed by atoms with Crippen molar-refractivity contribution in [1.29, 1.82) is 0 Å². The second kappa shape index (κ2) is 8.32. The van der Waals surface area contributed by atoms with Gasteiger partial charge in [-0.3, -0.25) is 0 Å². The number of nitrogens with zero attached hydrogens (tertiary/aromatic N) is 5. The number of aromatic nitrogens is 2. The van der Waals surface area contributed by atoms with E-state index in [1.807, 2.05) is 19.1 Å². The summed E-state index contributed by atoms with van der Waals surface area (Å²) in [6.45, 7) is 7.27. The van der Waals surface area contributed by atoms with Crippen LogP contribution in [0.1, 0.15) is 11.8 Å². The minimum absolute atomic E-state index is 0.443. The number of rotatable bonds is 5. The van der Waals surface area contributed by atoms with Crippen LogP contribution in [0.3, 0.4) is 0 Å². The van der Waals surface area contributed by atoms with Gasteiger partial charge in [-0.1, -0.05) is 6.92 Å². The fourth-order valence-corrected chi connectivity index (χ4v) is 6.34. The molecule has 2 aliphatic heterocycles. The van der Waals surface area contributed by atoms with Crippen molar-refractivity contribution in [3.8, 4) is 0 Å². The molecule has 0 aromatic carbocycles. The Morgan fingerprint density at radius 3 is 2.50 bits per heavy atom. The summed E-state index contributed by atoms with van der Waals surface area (Å²) in [5, 5.41) is 8.41. The summed E-state index contributed by atoms with van der Waals surface area (Å²) in [6.07, 6.45) is 2.61. The molecule has 0 spiro atoms. The summed E-state index contributed by atoms with van der Waals surface area (Å²) in [4.78, 5) is 5.44. The molecule has 10 heteroatoms. The van der Waals surface area contributed by atoms with Gasteiger partial charge in [0.15, 0.2) is 5.82 Å². The van der Waals surface area contributed by atoms with Crippen LogP contribution in [-0.2, 0) is 21.2 Å². The van der Waals surface area contributed by atoms with E-state index in [4.69, 9.17) is 4.74 Å². The number of hydrogen-bond donors (Lipinski definition) is 0. The molecule has 0 bridgehead atoms. The van der Waals surface area contributed by atoms with Crippen LogP contribution in [-0.4, -0.2) is 75.4 Å². The molecular weight excluding hydrogens is 398 g/mol. The van der Waals surface area contributed by atoms with Crippen LogP contribution in [0.15, 0.2) is 28.6 Å². The molecule has 2 aliphatic rings. The first-order chi connectivity index (χ1) is 13.6. The molecule has 152 valence electrons. The minimum atomic E-state index is -3.41. The first-order valence-electron chi connectivity index (χ1n) is 9.57. The highest BCUT2D eigenvalue weighted by Crippen LogP contribution is 2.27. The average Bonchev–Trinajstić information content (AvgIpc) is 3.25. The highest BCUT2D eigenvalue weighted by molar-refractivity contribution is 7.91. The number of ether oxygens (including phenoxy) is 1. The standard InChI is InChI=1S/C18H25N5O3S2/c1-2-16-3-4-18(27-16)28(24,25)23-7-5-21(6-8-23)15-13-17(20-19-14-15)22-9-11-26-12-10-22/h3-4,13-14H,2,5-12H2,1H3. The summed E-state index contributed by atoms with van der Waals surface area (Å²) in [6, 6.07) is 5.67. The molecule has 28 heavy (non-hydrogen) atoms. The molecule has 0 amide bonds. The smallest absolute Gasteiger partial charge is 0.252 e. The van der Waals surface area contributed by atoms with Crippen molar-refractivity contribution >= 4 is 32.9 Å². The molecule has 2 aromatic heterocycles. The van der Waals surface area contributed by atoms with Gasteiger partial charge >= 0.3 is 0 Å². The maximum Gasteiger partial charge on any atom is 0.252 e. The number of thiophene rings is 1. The molecule has 4 rings (SSSR count). The summed E-state index contributed by atoms with van der Waals surface area (Å²) >= 11 is 1.37. The molecular formula is C18H25N5O3S2. The van der Waals surface area contributed by atoms with Crippen molar-refractivity contribution in [2.75, 3.05) is 62.3 Å². The summed E-state index contributed by atoms with van der Waals surface area (Å²) < 4.78 is 33.2. The summed E-state index contributed by atoms with van der Waals surface area (Å²) in [5.41, 5.74) is 0.984. The molecule has 0 atom stereocenters. The largest absolute Gasteiger partial charge is 0.378 e. The van der Waals surface area contributed by atoms with Crippen LogP contribution < -0.4 is 9.80 Å². The molecule has 2 aromatic rings. The normalized spacial score (nSPS) is 19.2. The van der Waals surface area contributed by atoms with Gasteiger partial charge in [0.05, 0.1) is 25.1 Å². The van der Waals surface area contributed by atoms with E-state index in [1.165, 1.54) is 11.3 Å². The van der Waals surface area contributed by atoms with Crippen molar-refractivity contribution in [1.82, 2.24) is 14.5 Å². The van der Waals surface area contributed by atoms with Crippen molar-refractivity contribution in [3.05, 3.63) is 29.3 Å². The number of piperazine rings is 1. The zero-order valence-electron chi connectivity index (χ0n) is 16.0. The van der Waals surface area contributed by atoms with E-state index in [-0.39, 0.29) is 0 Å². The quantitative estimate of drug-likeness (QED) is 0.720. The van der Waals surface area contributed by atoms with Gasteiger partial charge in [-0.15, -0.1) is 16.4 Å². The van der Waals surface area contributed by atoms with Gasteiger partial charge in [-0.05, 0) is 18.6 Å². The van der Waals surface area contributed by atoms with Gasteiger partial charge in [-0.25, -0.2) is 8.42 Å². The van der Waals surface area contributed by atoms with Crippen LogP contribution in [0.25, 0.3) is 0 Å². The van der Waals surface area contributed by atoms with Crippen LogP contribution in [0, 0.1) is 0 Å². The highest BCUT2D eigenvalue weighted by Gasteiger charge is 2.30. The fraction of sp³-hybridized carbons (Fsp3) is 0.556. The van der Waals surface area contributed by atoms with Crippen molar-refractivity contribution < 1.29 is 13.2 Å². The number of anilines is 2. The molecule has 0 N–H and O–H groups in total. The van der Waals surface area contributed by atoms with E-state index in [1.54, 1.807) is 16.6 Å². The third kappa shape index (κ3) is 4.00. The Kier molecular flexibility index (Phi) is 5.81. The predicted molar refractivity (Wildman–Crippen MR) is 110 cm³/mol. The van der Waals surface area contributed by atoms with Crippen molar-refractivity contribution in [2.24, 2.45) is 0 Å². The van der Waals surface area contributed by atoms with E-state index >= 15 is 0 Å². The molecule has 2 saturated heterocycles. The number of aryl methyl sites for hydroxylation is 1. The van der Waals surface area contributed by atoms with E-state index in [2.05, 4.69) is 20.0 Å². The van der Waals surface area contributed by atoms with Gasteiger partial charge in [0.1, 0.15) is 4.21 Å². The van der Waals surface area contributed by atoms with E-state index in [0.717, 1.165) is 35.9 Å². The van der Waals surface area contributed by atoms with Gasteiger partial charge < -0.3 is 14.5 Å². The SMILES string of the molecule is CCc1ccc(S(=O)(=O)N2CCN(c3cnnc(N4CCOCC4)c3)CC2)s1. The van der Waals surface area contributed by atoms with Crippen LogP contribution in [0.4, 0.5) is 11.5 Å². The second-order valence-corrected chi connectivity index (χ2v) is 10.2. The van der Waals surface area contributed by atoms with Crippen LogP contribution in [0.5, 0.6) is 0 Å². The van der Waals surface area contributed by atoms with E-state index < -0.39 is 10.0 Å². The Labute approximate surface area is 169 Å². The monoisotopic (exact) mass is 423 g/mol. The topological polar surface area (TPSA) is 78.9 Å². The predicted octanol–water partition coefficient (Wildman–Crippen LogP) is 1.45. The van der Waals surface area contributed by atoms with Crippen molar-refractivity contribution in [2.45, 2.75) is 17.6 Å². The van der Waals surface area contributed by atoms with Crippen LogP contribution in [0.2, 0.25) is 0 Å². The first-order valence-corrected chi connectivity index (χ1v) is 11.8. The summed E-state index contributed by atoms with van der Waals surface area (Å²) in [5.74, 6) is 0.849. The number of hydrogen-bond acceptors (Lipinski definition) is 8. The molecule has 0 radical (unpaired) electrons. The molecule has 0 saturated carbocycles.